The van der Waals surface area contributed by atoms with Crippen molar-refractivity contribution in [2.75, 3.05) is 6.61 Å². The second kappa shape index (κ2) is 9.66. The molecule has 0 aromatic heterocycles. The Morgan fingerprint density at radius 1 is 1.37 bits per heavy atom. The number of nitrogens with one attached hydrogen (secondary N) is 1. The number of rotatable bonds is 6. The van der Waals surface area contributed by atoms with Crippen LogP contribution in [-0.4, -0.2) is 18.3 Å². The van der Waals surface area contributed by atoms with Crippen molar-refractivity contribution in [3.05, 3.63) is 36.5 Å². The van der Waals surface area contributed by atoms with Crippen molar-refractivity contribution >= 4 is 11.7 Å². The lowest BCUT2D eigenvalue weighted by Crippen LogP contribution is -2.43. The van der Waals surface area contributed by atoms with E-state index in [4.69, 9.17) is 10.1 Å². The van der Waals surface area contributed by atoms with Crippen LogP contribution in [0.3, 0.4) is 0 Å². The zero-order chi connectivity index (χ0) is 21.9. The monoisotopic (exact) mass is 411 g/mol. The quantitative estimate of drug-likeness (QED) is 0.388. The van der Waals surface area contributed by atoms with Gasteiger partial charge in [0.15, 0.2) is 0 Å². The maximum absolute atomic E-state index is 11.8. The average molecular weight is 412 g/mol. The minimum atomic E-state index is -0.217. The van der Waals surface area contributed by atoms with Gasteiger partial charge in [-0.2, -0.15) is 0 Å². The Labute approximate surface area is 183 Å². The molecular weight excluding hydrogens is 370 g/mol. The molecule has 3 aliphatic rings. The summed E-state index contributed by atoms with van der Waals surface area (Å²) in [6.07, 6.45) is 16.0. The first-order chi connectivity index (χ1) is 14.3. The van der Waals surface area contributed by atoms with Crippen molar-refractivity contribution < 1.29 is 9.53 Å². The van der Waals surface area contributed by atoms with Gasteiger partial charge >= 0.3 is 5.97 Å². The van der Waals surface area contributed by atoms with Crippen molar-refractivity contribution in [2.24, 2.45) is 40.9 Å². The number of esters is 1. The van der Waals surface area contributed by atoms with E-state index in [-0.39, 0.29) is 5.97 Å². The van der Waals surface area contributed by atoms with Gasteiger partial charge < -0.3 is 10.1 Å². The summed E-state index contributed by atoms with van der Waals surface area (Å²) in [7, 11) is 0. The summed E-state index contributed by atoms with van der Waals surface area (Å²) >= 11 is 0. The molecule has 0 radical (unpaired) electrons. The van der Waals surface area contributed by atoms with Gasteiger partial charge in [-0.25, -0.2) is 4.79 Å². The number of ether oxygens (including phenoxy) is 1. The lowest BCUT2D eigenvalue weighted by Gasteiger charge is -2.50. The minimum Gasteiger partial charge on any atom is -0.463 e. The fourth-order valence-corrected chi connectivity index (χ4v) is 7.26. The highest BCUT2D eigenvalue weighted by Crippen LogP contribution is 2.62. The fraction of sp³-hybridized carbons (Fsp3) is 0.704. The van der Waals surface area contributed by atoms with Crippen LogP contribution in [0.1, 0.15) is 72.6 Å². The van der Waals surface area contributed by atoms with Crippen molar-refractivity contribution in [3.63, 3.8) is 0 Å². The maximum Gasteiger partial charge on any atom is 0.330 e. The first-order valence-corrected chi connectivity index (χ1v) is 12.1. The van der Waals surface area contributed by atoms with Crippen molar-refractivity contribution in [1.29, 1.82) is 5.41 Å². The molecule has 0 aliphatic heterocycles. The van der Waals surface area contributed by atoms with Crippen LogP contribution in [0.2, 0.25) is 0 Å². The third-order valence-corrected chi connectivity index (χ3v) is 8.78. The first-order valence-electron chi connectivity index (χ1n) is 12.1. The standard InChI is InChI=1S/C27H41NO2/c1-6-20-16-21(9-10-22(28)17-20)23-14-15-27(5)24(11-12-25(27)19(23)4)18(3)8-13-26(29)30-7-2/h6,8,13,17-19,21,23-25,28H,1,7,9-12,14-16H2,2-5H3/b13-8+,28-22?/t18-,19?,21-,23?,24-,25?,27-/m1/s1. The summed E-state index contributed by atoms with van der Waals surface area (Å²) in [6.45, 7) is 13.6. The summed E-state index contributed by atoms with van der Waals surface area (Å²) in [5.41, 5.74) is 2.39. The van der Waals surface area contributed by atoms with Crippen LogP contribution >= 0.6 is 0 Å². The molecule has 0 amide bonds. The number of carbonyl (C=O) groups excluding carboxylic acids is 1. The highest BCUT2D eigenvalue weighted by Gasteiger charge is 2.54. The van der Waals surface area contributed by atoms with Crippen LogP contribution in [0.25, 0.3) is 0 Å². The Morgan fingerprint density at radius 2 is 2.13 bits per heavy atom. The molecule has 3 unspecified atom stereocenters. The van der Waals surface area contributed by atoms with Crippen LogP contribution in [0.4, 0.5) is 0 Å². The predicted octanol–water partition coefficient (Wildman–Crippen LogP) is 6.75. The van der Waals surface area contributed by atoms with Crippen LogP contribution in [-0.2, 0) is 9.53 Å². The second-order valence-electron chi connectivity index (χ2n) is 10.3. The minimum absolute atomic E-state index is 0.217. The highest BCUT2D eigenvalue weighted by molar-refractivity contribution is 5.93. The normalized spacial score (nSPS) is 37.9. The van der Waals surface area contributed by atoms with Gasteiger partial charge in [0.05, 0.1) is 6.61 Å². The number of carbonyl (C=O) groups is 1. The molecular formula is C27H41NO2. The molecule has 7 atom stereocenters. The lowest BCUT2D eigenvalue weighted by molar-refractivity contribution is -0.137. The van der Waals surface area contributed by atoms with Gasteiger partial charge in [-0.15, -0.1) is 0 Å². The second-order valence-corrected chi connectivity index (χ2v) is 10.3. The molecule has 0 spiro atoms. The van der Waals surface area contributed by atoms with Crippen LogP contribution in [0, 0.1) is 46.3 Å². The Kier molecular flexibility index (Phi) is 7.42. The largest absolute Gasteiger partial charge is 0.463 e. The summed E-state index contributed by atoms with van der Waals surface area (Å²) in [4.78, 5) is 11.8. The molecule has 0 aromatic rings. The van der Waals surface area contributed by atoms with E-state index in [0.29, 0.717) is 29.8 Å². The average Bonchev–Trinajstić information content (AvgIpc) is 2.95. The molecule has 166 valence electrons. The molecule has 0 heterocycles. The molecule has 0 bridgehead atoms. The molecule has 0 saturated heterocycles. The topological polar surface area (TPSA) is 50.2 Å². The predicted molar refractivity (Wildman–Crippen MR) is 124 cm³/mol. The Balaban J connectivity index is 1.70. The molecule has 2 saturated carbocycles. The van der Waals surface area contributed by atoms with Gasteiger partial charge in [0.2, 0.25) is 0 Å². The molecule has 0 aromatic carbocycles. The highest BCUT2D eigenvalue weighted by atomic mass is 16.5. The summed E-state index contributed by atoms with van der Waals surface area (Å²) in [5, 5.41) is 8.17. The van der Waals surface area contributed by atoms with E-state index in [9.17, 15) is 4.79 Å². The van der Waals surface area contributed by atoms with E-state index in [1.54, 1.807) is 6.08 Å². The fourth-order valence-electron chi connectivity index (χ4n) is 7.26. The van der Waals surface area contributed by atoms with E-state index in [1.165, 1.54) is 31.3 Å². The number of hydrogen-bond acceptors (Lipinski definition) is 3. The first kappa shape index (κ1) is 23.0. The maximum atomic E-state index is 11.8. The van der Waals surface area contributed by atoms with Gasteiger partial charge in [0, 0.05) is 11.8 Å². The van der Waals surface area contributed by atoms with Crippen molar-refractivity contribution in [3.8, 4) is 0 Å². The number of hydrogen-bond donors (Lipinski definition) is 1. The van der Waals surface area contributed by atoms with Crippen LogP contribution in [0.15, 0.2) is 36.5 Å². The number of fused-ring (bicyclic) bond motifs is 1. The van der Waals surface area contributed by atoms with E-state index in [1.807, 2.05) is 19.1 Å². The molecule has 3 aliphatic carbocycles. The number of allylic oxidation sites excluding steroid dienone is 4. The molecule has 3 heteroatoms. The zero-order valence-electron chi connectivity index (χ0n) is 19.5. The van der Waals surface area contributed by atoms with Gasteiger partial charge in [0.25, 0.3) is 0 Å². The summed E-state index contributed by atoms with van der Waals surface area (Å²) < 4.78 is 5.07. The summed E-state index contributed by atoms with van der Waals surface area (Å²) in [6, 6.07) is 0. The van der Waals surface area contributed by atoms with Gasteiger partial charge in [0.1, 0.15) is 0 Å². The Morgan fingerprint density at radius 3 is 2.83 bits per heavy atom. The Hall–Kier alpha value is -1.64. The Bertz CT molecular complexity index is 720. The van der Waals surface area contributed by atoms with Gasteiger partial charge in [-0.05, 0) is 104 Å². The molecule has 30 heavy (non-hydrogen) atoms. The molecule has 3 nitrogen and oxygen atoms in total. The lowest BCUT2D eigenvalue weighted by atomic mass is 9.54. The summed E-state index contributed by atoms with van der Waals surface area (Å²) in [5.74, 6) is 3.74. The molecule has 1 N–H and O–H groups in total. The van der Waals surface area contributed by atoms with Crippen LogP contribution < -0.4 is 0 Å². The van der Waals surface area contributed by atoms with E-state index in [0.717, 1.165) is 42.7 Å². The van der Waals surface area contributed by atoms with E-state index in [2.05, 4.69) is 33.4 Å². The smallest absolute Gasteiger partial charge is 0.330 e. The van der Waals surface area contributed by atoms with Gasteiger partial charge in [-0.1, -0.05) is 39.5 Å². The molecule has 3 rings (SSSR count). The van der Waals surface area contributed by atoms with Gasteiger partial charge in [-0.3, -0.25) is 0 Å². The molecule has 2 fully saturated rings. The third kappa shape index (κ3) is 4.65. The van der Waals surface area contributed by atoms with Crippen LogP contribution in [0.5, 0.6) is 0 Å². The van der Waals surface area contributed by atoms with Crippen molar-refractivity contribution in [2.45, 2.75) is 72.6 Å². The van der Waals surface area contributed by atoms with E-state index >= 15 is 0 Å². The van der Waals surface area contributed by atoms with E-state index < -0.39 is 0 Å². The SMILES string of the molecule is C=CC1=CC(=N)CC[C@@H](C2CC[C@@]3(C)C(CC[C@@H]3[C@H](C)/C=C/C(=O)OCC)C2C)C1. The third-order valence-electron chi connectivity index (χ3n) is 8.78. The van der Waals surface area contributed by atoms with Crippen molar-refractivity contribution in [1.82, 2.24) is 0 Å². The zero-order valence-corrected chi connectivity index (χ0v) is 19.5.